The van der Waals surface area contributed by atoms with Crippen LogP contribution in [0.15, 0.2) is 60.7 Å². The Labute approximate surface area is 163 Å². The minimum absolute atomic E-state index is 0.403. The van der Waals surface area contributed by atoms with E-state index in [0.29, 0.717) is 11.6 Å². The maximum Gasteiger partial charge on any atom is 0.244 e. The topological polar surface area (TPSA) is 76.1 Å². The van der Waals surface area contributed by atoms with Crippen molar-refractivity contribution in [3.05, 3.63) is 71.9 Å². The molecule has 0 aliphatic rings. The van der Waals surface area contributed by atoms with Gasteiger partial charge < -0.3 is 5.32 Å². The van der Waals surface area contributed by atoms with Gasteiger partial charge in [-0.3, -0.25) is 4.79 Å². The molecule has 3 aromatic rings. The van der Waals surface area contributed by atoms with Crippen molar-refractivity contribution < 1.29 is 13.2 Å². The lowest BCUT2D eigenvalue weighted by Gasteiger charge is -2.07. The Morgan fingerprint density at radius 3 is 2.26 bits per heavy atom. The number of nitrogens with one attached hydrogen (secondary N) is 1. The number of thiazole rings is 1. The molecular weight excluding hydrogens is 380 g/mol. The van der Waals surface area contributed by atoms with Gasteiger partial charge in [-0.2, -0.15) is 0 Å². The van der Waals surface area contributed by atoms with Crippen molar-refractivity contribution in [3.63, 3.8) is 0 Å². The molecule has 0 saturated heterocycles. The molecule has 1 atom stereocenters. The molecule has 1 aromatic heterocycles. The summed E-state index contributed by atoms with van der Waals surface area (Å²) in [5.41, 5.74) is 2.97. The third kappa shape index (κ3) is 4.81. The van der Waals surface area contributed by atoms with E-state index in [-0.39, 0.29) is 0 Å². The van der Waals surface area contributed by atoms with Gasteiger partial charge in [0.2, 0.25) is 5.91 Å². The largest absolute Gasteiger partial charge is 0.301 e. The third-order valence-electron chi connectivity index (χ3n) is 4.19. The quantitative estimate of drug-likeness (QED) is 0.683. The molecule has 27 heavy (non-hydrogen) atoms. The zero-order valence-electron chi connectivity index (χ0n) is 15.0. The van der Waals surface area contributed by atoms with Gasteiger partial charge in [0.05, 0.1) is 10.6 Å². The molecule has 3 rings (SSSR count). The molecule has 0 aliphatic carbocycles. The van der Waals surface area contributed by atoms with E-state index in [0.717, 1.165) is 28.0 Å². The average Bonchev–Trinajstić information content (AvgIpc) is 3.04. The molecule has 2 aromatic carbocycles. The summed E-state index contributed by atoms with van der Waals surface area (Å²) in [6.07, 6.45) is 1.67. The number of aromatic nitrogens is 1. The van der Waals surface area contributed by atoms with E-state index in [1.165, 1.54) is 18.3 Å². The van der Waals surface area contributed by atoms with Crippen LogP contribution in [0.25, 0.3) is 10.4 Å². The number of sulfone groups is 1. The standard InChI is InChI=1S/C20H20N2O3S2/c1-14(27(2,24)25)19(23)22-20-21-17(13-15-9-5-3-6-10-15)18(26-20)16-11-7-4-8-12-16/h3-12,14H,13H2,1-2H3,(H,21,22,23). The monoisotopic (exact) mass is 400 g/mol. The summed E-state index contributed by atoms with van der Waals surface area (Å²) < 4.78 is 23.2. The molecule has 1 N–H and O–H groups in total. The van der Waals surface area contributed by atoms with Crippen molar-refractivity contribution in [1.82, 2.24) is 4.98 Å². The predicted octanol–water partition coefficient (Wildman–Crippen LogP) is 3.77. The lowest BCUT2D eigenvalue weighted by atomic mass is 10.1. The maximum atomic E-state index is 12.3. The van der Waals surface area contributed by atoms with Crippen molar-refractivity contribution in [2.45, 2.75) is 18.6 Å². The normalized spacial score (nSPS) is 12.5. The average molecular weight is 401 g/mol. The molecule has 5 nitrogen and oxygen atoms in total. The summed E-state index contributed by atoms with van der Waals surface area (Å²) in [5, 5.41) is 1.93. The highest BCUT2D eigenvalue weighted by molar-refractivity contribution is 7.92. The van der Waals surface area contributed by atoms with E-state index in [1.807, 2.05) is 60.7 Å². The van der Waals surface area contributed by atoms with Gasteiger partial charge in [0, 0.05) is 12.7 Å². The Morgan fingerprint density at radius 2 is 1.67 bits per heavy atom. The fourth-order valence-corrected chi connectivity index (χ4v) is 3.97. The molecule has 0 radical (unpaired) electrons. The molecule has 0 bridgehead atoms. The number of nitrogens with zero attached hydrogens (tertiary/aromatic N) is 1. The van der Waals surface area contributed by atoms with Gasteiger partial charge in [-0.15, -0.1) is 0 Å². The first-order chi connectivity index (χ1) is 12.8. The summed E-state index contributed by atoms with van der Waals surface area (Å²) in [4.78, 5) is 17.8. The van der Waals surface area contributed by atoms with Crippen LogP contribution in [0, 0.1) is 0 Å². The first-order valence-corrected chi connectivity index (χ1v) is 11.2. The second kappa shape index (κ2) is 8.02. The summed E-state index contributed by atoms with van der Waals surface area (Å²) >= 11 is 1.35. The van der Waals surface area contributed by atoms with E-state index in [9.17, 15) is 13.2 Å². The van der Waals surface area contributed by atoms with Gasteiger partial charge in [0.25, 0.3) is 0 Å². The first-order valence-electron chi connectivity index (χ1n) is 8.43. The number of carbonyl (C=O) groups excluding carboxylic acids is 1. The number of hydrogen-bond donors (Lipinski definition) is 1. The molecule has 0 spiro atoms. The van der Waals surface area contributed by atoms with E-state index in [2.05, 4.69) is 10.3 Å². The van der Waals surface area contributed by atoms with Gasteiger partial charge in [0.1, 0.15) is 5.25 Å². The number of carbonyl (C=O) groups is 1. The van der Waals surface area contributed by atoms with Crippen LogP contribution in [0.3, 0.4) is 0 Å². The van der Waals surface area contributed by atoms with Gasteiger partial charge in [0.15, 0.2) is 15.0 Å². The summed E-state index contributed by atoms with van der Waals surface area (Å²) in [6, 6.07) is 19.8. The number of hydrogen-bond acceptors (Lipinski definition) is 5. The van der Waals surface area contributed by atoms with Crippen LogP contribution in [0.4, 0.5) is 5.13 Å². The van der Waals surface area contributed by atoms with Crippen LogP contribution < -0.4 is 5.32 Å². The highest BCUT2D eigenvalue weighted by atomic mass is 32.2. The minimum atomic E-state index is -3.46. The van der Waals surface area contributed by atoms with Crippen molar-refractivity contribution >= 4 is 32.2 Å². The summed E-state index contributed by atoms with van der Waals surface area (Å²) in [7, 11) is -3.46. The number of benzene rings is 2. The van der Waals surface area contributed by atoms with Crippen molar-refractivity contribution in [3.8, 4) is 10.4 Å². The molecule has 0 aliphatic heterocycles. The SMILES string of the molecule is CC(C(=O)Nc1nc(Cc2ccccc2)c(-c2ccccc2)s1)S(C)(=O)=O. The smallest absolute Gasteiger partial charge is 0.244 e. The Morgan fingerprint density at radius 1 is 1.07 bits per heavy atom. The molecule has 1 amide bonds. The Bertz CT molecular complexity index is 1030. The Kier molecular flexibility index (Phi) is 5.72. The van der Waals surface area contributed by atoms with Crippen LogP contribution in [0.5, 0.6) is 0 Å². The molecule has 1 unspecified atom stereocenters. The van der Waals surface area contributed by atoms with Crippen molar-refractivity contribution in [2.24, 2.45) is 0 Å². The van der Waals surface area contributed by atoms with Gasteiger partial charge in [-0.1, -0.05) is 72.0 Å². The molecule has 7 heteroatoms. The lowest BCUT2D eigenvalue weighted by Crippen LogP contribution is -2.31. The second-order valence-corrected chi connectivity index (χ2v) is 9.65. The molecule has 0 saturated carbocycles. The van der Waals surface area contributed by atoms with E-state index < -0.39 is 21.0 Å². The van der Waals surface area contributed by atoms with E-state index in [1.54, 1.807) is 0 Å². The van der Waals surface area contributed by atoms with Crippen LogP contribution in [-0.2, 0) is 21.1 Å². The molecule has 1 heterocycles. The third-order valence-corrected chi connectivity index (χ3v) is 6.75. The highest BCUT2D eigenvalue weighted by Crippen LogP contribution is 2.34. The first kappa shape index (κ1) is 19.3. The van der Waals surface area contributed by atoms with Crippen LogP contribution in [-0.4, -0.2) is 30.8 Å². The zero-order valence-corrected chi connectivity index (χ0v) is 16.7. The van der Waals surface area contributed by atoms with Gasteiger partial charge >= 0.3 is 0 Å². The number of anilines is 1. The summed E-state index contributed by atoms with van der Waals surface area (Å²) in [6.45, 7) is 1.38. The zero-order chi connectivity index (χ0) is 19.4. The maximum absolute atomic E-state index is 12.3. The fourth-order valence-electron chi connectivity index (χ4n) is 2.53. The van der Waals surface area contributed by atoms with Gasteiger partial charge in [-0.05, 0) is 18.1 Å². The summed E-state index contributed by atoms with van der Waals surface area (Å²) in [5.74, 6) is -0.572. The molecule has 0 fully saturated rings. The second-order valence-electron chi connectivity index (χ2n) is 6.28. The van der Waals surface area contributed by atoms with Crippen LogP contribution in [0.2, 0.25) is 0 Å². The lowest BCUT2D eigenvalue weighted by molar-refractivity contribution is -0.115. The number of rotatable bonds is 6. The van der Waals surface area contributed by atoms with Crippen molar-refractivity contribution in [1.29, 1.82) is 0 Å². The van der Waals surface area contributed by atoms with Crippen LogP contribution in [0.1, 0.15) is 18.2 Å². The Hall–Kier alpha value is -2.51. The van der Waals surface area contributed by atoms with E-state index >= 15 is 0 Å². The molecule has 140 valence electrons. The predicted molar refractivity (Wildman–Crippen MR) is 110 cm³/mol. The Balaban J connectivity index is 1.93. The van der Waals surface area contributed by atoms with E-state index in [4.69, 9.17) is 0 Å². The minimum Gasteiger partial charge on any atom is -0.301 e. The van der Waals surface area contributed by atoms with Crippen LogP contribution >= 0.6 is 11.3 Å². The fraction of sp³-hybridized carbons (Fsp3) is 0.200. The van der Waals surface area contributed by atoms with Crippen molar-refractivity contribution in [2.75, 3.05) is 11.6 Å². The highest BCUT2D eigenvalue weighted by Gasteiger charge is 2.25. The van der Waals surface area contributed by atoms with Gasteiger partial charge in [-0.25, -0.2) is 13.4 Å². The number of amides is 1. The molecular formula is C20H20N2O3S2.